The molecule has 2 saturated heterocycles. The number of unbranched alkanes of at least 4 members (excludes halogenated alkanes) is 6. The van der Waals surface area contributed by atoms with Crippen LogP contribution >= 0.6 is 35.2 Å². The van der Waals surface area contributed by atoms with Gasteiger partial charge in [0.25, 0.3) is 15.6 Å². The molecule has 2 aromatic rings. The van der Waals surface area contributed by atoms with E-state index in [-0.39, 0.29) is 78.5 Å². The fourth-order valence-corrected chi connectivity index (χ4v) is 11.0. The van der Waals surface area contributed by atoms with Gasteiger partial charge in [-0.15, -0.1) is 0 Å². The number of nitrogens with two attached hydrogens (primary N) is 1. The van der Waals surface area contributed by atoms with E-state index >= 15 is 0 Å². The molecule has 12 atom stereocenters. The molecule has 422 valence electrons. The molecule has 33 heteroatoms. The van der Waals surface area contributed by atoms with E-state index in [1.165, 1.54) is 13.8 Å². The monoisotopic (exact) mass is 1130 g/mol. The van der Waals surface area contributed by atoms with Gasteiger partial charge < -0.3 is 88.7 Å². The molecule has 2 unspecified atom stereocenters. The van der Waals surface area contributed by atoms with Gasteiger partial charge in [0.2, 0.25) is 11.8 Å². The highest BCUT2D eigenvalue weighted by molar-refractivity contribution is 8.13. The number of nitrogens with one attached hydrogen (secondary N) is 2. The van der Waals surface area contributed by atoms with Crippen LogP contribution in [0.25, 0.3) is 11.2 Å². The van der Waals surface area contributed by atoms with Gasteiger partial charge in [-0.1, -0.05) is 64.1 Å². The van der Waals surface area contributed by atoms with Crippen LogP contribution in [-0.4, -0.2) is 150 Å². The van der Waals surface area contributed by atoms with Crippen LogP contribution in [0.3, 0.4) is 0 Å². The van der Waals surface area contributed by atoms with E-state index in [1.54, 1.807) is 6.92 Å². The smallest absolute Gasteiger partial charge is 0.274 e. The summed E-state index contributed by atoms with van der Waals surface area (Å²) in [5.41, 5.74) is 4.02. The van der Waals surface area contributed by atoms with Gasteiger partial charge in [-0.05, 0) is 26.7 Å². The molecule has 8 N–H and O–H groups in total. The van der Waals surface area contributed by atoms with Crippen LogP contribution in [0.15, 0.2) is 12.7 Å². The van der Waals surface area contributed by atoms with Crippen LogP contribution in [0.1, 0.15) is 111 Å². The highest BCUT2D eigenvalue weighted by Crippen LogP contribution is 2.56. The molecule has 2 aliphatic rings. The zero-order valence-corrected chi connectivity index (χ0v) is 44.7. The van der Waals surface area contributed by atoms with Crippen molar-refractivity contribution in [3.63, 3.8) is 0 Å². The third-order valence-corrected chi connectivity index (χ3v) is 15.6. The maximum Gasteiger partial charge on any atom is 0.274 e. The Balaban J connectivity index is 1.05. The molecule has 0 saturated carbocycles. The van der Waals surface area contributed by atoms with Crippen molar-refractivity contribution in [1.29, 1.82) is 0 Å². The topological polar surface area (TPSA) is 451 Å². The molecule has 2 amide bonds. The molecule has 0 bridgehead atoms. The first-order chi connectivity index (χ1) is 34.6. The maximum absolute atomic E-state index is 12.7. The standard InChI is InChI=1S/C41H70N7O22P3S/c1-24(66-40-28(51)19-27(50)25(2)67-40)12-10-8-6-5-7-9-11-13-26(49)18-31(53)74-17-16-43-30(52)14-15-44-38(56)35(55)41(3,4)21-65-73(62,63)70-72(60,61)64-20-29-34(69-71(57,58)59)33(54)39(68-29)48-23-47-32-36(42)45-22-46-37(32)48/h22-25,27-29,33-35,39-40,50-51,54-55H,5-21H2,1-4H3,(H,43,52)(H,44,56)(H,60,61)(H,62,63)(H2,42,45,46)(H2,57,58,59)/p-4/t24-,25+,27-,28-,29-,33-,34-,35+,39-,40-/m1/s1. The number of thioether (sulfide) groups is 1. The Bertz CT molecular complexity index is 2310. The Kier molecular flexibility index (Phi) is 25.1. The summed E-state index contributed by atoms with van der Waals surface area (Å²) < 4.78 is 72.2. The summed E-state index contributed by atoms with van der Waals surface area (Å²) in [5, 5.41) is 45.9. The average molecular weight is 1130 g/mol. The zero-order valence-electron chi connectivity index (χ0n) is 41.2. The normalized spacial score (nSPS) is 25.0. The molecule has 0 spiro atoms. The first kappa shape index (κ1) is 63.6. The number of nitrogens with zero attached hydrogens (tertiary/aromatic N) is 4. The number of carbonyl (C=O) groups is 4. The SMILES string of the molecule is C[C@H](CCCCCCCCCC(=O)CC(=O)SCCNC(=O)CCNC(=O)[C@H](O)C(C)(C)COP(=O)([O-])OP(=O)([O-])OC[C@H]1O[C@@H](n2cnc3c(N)ncnc32)[C@H](O)[C@@H]1OP(=O)([O-])[O-])O[C@@H]1O[C@@H](C)[C@H](O)C[C@H]1O. The maximum atomic E-state index is 12.7. The first-order valence-corrected chi connectivity index (χ1v) is 29.1. The van der Waals surface area contributed by atoms with Gasteiger partial charge >= 0.3 is 0 Å². The van der Waals surface area contributed by atoms with Gasteiger partial charge in [0.05, 0.1) is 52.1 Å². The molecule has 74 heavy (non-hydrogen) atoms. The molecule has 0 radical (unpaired) electrons. The van der Waals surface area contributed by atoms with Crippen molar-refractivity contribution in [2.75, 3.05) is 37.8 Å². The molecule has 2 fully saturated rings. The van der Waals surface area contributed by atoms with Gasteiger partial charge in [0, 0.05) is 43.5 Å². The molecular weight excluding hydrogens is 1070 g/mol. The Hall–Kier alpha value is -2.93. The molecule has 2 aliphatic heterocycles. The number of hydrogen-bond donors (Lipinski definition) is 7. The van der Waals surface area contributed by atoms with E-state index in [1.807, 2.05) is 6.92 Å². The lowest BCUT2D eigenvalue weighted by atomic mass is 9.87. The summed E-state index contributed by atoms with van der Waals surface area (Å²) in [6.07, 6.45) is -3.00. The summed E-state index contributed by atoms with van der Waals surface area (Å²) in [6, 6.07) is 0. The van der Waals surface area contributed by atoms with E-state index in [2.05, 4.69) is 43.5 Å². The minimum absolute atomic E-state index is 0.0322. The van der Waals surface area contributed by atoms with Crippen molar-refractivity contribution in [2.45, 2.75) is 166 Å². The third kappa shape index (κ3) is 21.1. The first-order valence-electron chi connectivity index (χ1n) is 23.7. The lowest BCUT2D eigenvalue weighted by Crippen LogP contribution is -2.48. The number of aliphatic hydroxyl groups excluding tert-OH is 4. The number of hydrogen-bond acceptors (Lipinski definition) is 27. The van der Waals surface area contributed by atoms with Gasteiger partial charge in [-0.2, -0.15) is 0 Å². The number of aromatic nitrogens is 4. The number of fused-ring (bicyclic) bond motifs is 1. The van der Waals surface area contributed by atoms with Crippen molar-refractivity contribution in [1.82, 2.24) is 30.2 Å². The fraction of sp³-hybridized carbons (Fsp3) is 0.780. The number of anilines is 1. The molecule has 0 aromatic carbocycles. The van der Waals surface area contributed by atoms with Crippen molar-refractivity contribution in [3.05, 3.63) is 12.7 Å². The largest absolute Gasteiger partial charge is 0.790 e. The number of rotatable bonds is 33. The van der Waals surface area contributed by atoms with E-state index in [0.717, 1.165) is 73.9 Å². The van der Waals surface area contributed by atoms with Crippen LogP contribution < -0.4 is 35.9 Å². The van der Waals surface area contributed by atoms with E-state index in [9.17, 15) is 72.9 Å². The summed E-state index contributed by atoms with van der Waals surface area (Å²) in [4.78, 5) is 109. The summed E-state index contributed by atoms with van der Waals surface area (Å²) >= 11 is 0.894. The van der Waals surface area contributed by atoms with Gasteiger partial charge in [0.15, 0.2) is 29.1 Å². The second-order valence-corrected chi connectivity index (χ2v) is 23.7. The molecule has 4 rings (SSSR count). The van der Waals surface area contributed by atoms with Crippen molar-refractivity contribution >= 4 is 74.9 Å². The molecule has 4 heterocycles. The lowest BCUT2D eigenvalue weighted by Gasteiger charge is -2.36. The van der Waals surface area contributed by atoms with E-state index in [4.69, 9.17) is 19.9 Å². The second kappa shape index (κ2) is 29.2. The summed E-state index contributed by atoms with van der Waals surface area (Å²) in [5.74, 6) is -1.64. The van der Waals surface area contributed by atoms with Gasteiger partial charge in [-0.25, -0.2) is 19.3 Å². The van der Waals surface area contributed by atoms with Crippen molar-refractivity contribution in [2.24, 2.45) is 5.41 Å². The van der Waals surface area contributed by atoms with Crippen molar-refractivity contribution < 1.29 is 105 Å². The number of amides is 2. The van der Waals surface area contributed by atoms with Gasteiger partial charge in [-0.3, -0.25) is 32.9 Å². The summed E-state index contributed by atoms with van der Waals surface area (Å²) in [6.45, 7) is 3.52. The molecule has 2 aromatic heterocycles. The zero-order chi connectivity index (χ0) is 55.0. The number of phosphoric ester groups is 3. The van der Waals surface area contributed by atoms with Crippen molar-refractivity contribution in [3.8, 4) is 0 Å². The number of nitrogen functional groups attached to an aromatic ring is 1. The van der Waals surface area contributed by atoms with Crippen LogP contribution in [0.2, 0.25) is 0 Å². The van der Waals surface area contributed by atoms with Crippen LogP contribution in [-0.2, 0) is 65.0 Å². The fourth-order valence-electron chi connectivity index (χ4n) is 7.57. The average Bonchev–Trinajstić information content (AvgIpc) is 3.87. The molecule has 0 aliphatic carbocycles. The third-order valence-electron chi connectivity index (χ3n) is 11.7. The predicted molar refractivity (Wildman–Crippen MR) is 251 cm³/mol. The van der Waals surface area contributed by atoms with Crippen LogP contribution in [0, 0.1) is 5.41 Å². The lowest BCUT2D eigenvalue weighted by molar-refractivity contribution is -0.347. The minimum Gasteiger partial charge on any atom is -0.790 e. The number of phosphoric acid groups is 3. The number of Topliss-reactive ketones (excluding diaryl/α,β-unsaturated/α-hetero) is 1. The second-order valence-electron chi connectivity index (χ2n) is 18.5. The Labute approximate surface area is 430 Å². The highest BCUT2D eigenvalue weighted by Gasteiger charge is 2.47. The Morgan fingerprint density at radius 2 is 1.58 bits per heavy atom. The number of ketones is 1. The number of carbonyl (C=O) groups excluding carboxylic acids is 4. The molecule has 29 nitrogen and oxygen atoms in total. The number of aliphatic hydroxyl groups is 4. The van der Waals surface area contributed by atoms with E-state index in [0.29, 0.717) is 6.42 Å². The number of ether oxygens (including phenoxy) is 3. The predicted octanol–water partition coefficient (Wildman–Crippen LogP) is -1.13. The summed E-state index contributed by atoms with van der Waals surface area (Å²) in [7, 11) is -17.7. The Morgan fingerprint density at radius 3 is 2.27 bits per heavy atom. The Morgan fingerprint density at radius 1 is 0.919 bits per heavy atom. The minimum atomic E-state index is -5.95. The quantitative estimate of drug-likeness (QED) is 0.0252. The van der Waals surface area contributed by atoms with Gasteiger partial charge in [0.1, 0.15) is 48.1 Å². The number of imidazole rings is 1. The van der Waals surface area contributed by atoms with Crippen LogP contribution in [0.4, 0.5) is 5.82 Å². The molecular formula is C41H66N7O22P3S-4. The highest BCUT2D eigenvalue weighted by atomic mass is 32.2. The van der Waals surface area contributed by atoms with Crippen LogP contribution in [0.5, 0.6) is 0 Å². The van der Waals surface area contributed by atoms with E-state index < -0.39 is 109 Å².